The van der Waals surface area contributed by atoms with Gasteiger partial charge in [-0.15, -0.1) is 0 Å². The number of rotatable bonds is 0. The molecule has 24 heavy (non-hydrogen) atoms. The fourth-order valence-corrected chi connectivity index (χ4v) is 3.54. The average Bonchev–Trinajstić information content (AvgIpc) is 3.02. The summed E-state index contributed by atoms with van der Waals surface area (Å²) < 4.78 is 0. The molecule has 0 bridgehead atoms. The number of pyridine rings is 1. The van der Waals surface area contributed by atoms with Gasteiger partial charge in [0.1, 0.15) is 11.4 Å². The zero-order valence-corrected chi connectivity index (χ0v) is 14.3. The van der Waals surface area contributed by atoms with E-state index < -0.39 is 17.7 Å². The van der Waals surface area contributed by atoms with Gasteiger partial charge >= 0.3 is 6.09 Å². The number of aryl methyl sites for hydroxylation is 1. The molecule has 0 aromatic carbocycles. The third kappa shape index (κ3) is 2.41. The number of amides is 1. The summed E-state index contributed by atoms with van der Waals surface area (Å²) in [7, 11) is 0. The van der Waals surface area contributed by atoms with Crippen LogP contribution in [0.5, 0.6) is 0 Å². The van der Waals surface area contributed by atoms with Crippen molar-refractivity contribution >= 4 is 11.8 Å². The van der Waals surface area contributed by atoms with Crippen molar-refractivity contribution in [2.24, 2.45) is 16.0 Å². The Labute approximate surface area is 141 Å². The predicted molar refractivity (Wildman–Crippen MR) is 89.4 cm³/mol. The van der Waals surface area contributed by atoms with Crippen molar-refractivity contribution in [3.8, 4) is 11.8 Å². The summed E-state index contributed by atoms with van der Waals surface area (Å²) in [6.07, 6.45) is -0.969. The maximum Gasteiger partial charge on any atom is 0.410 e. The smallest absolute Gasteiger partial charge is 0.410 e. The van der Waals surface area contributed by atoms with E-state index in [1.54, 1.807) is 0 Å². The van der Waals surface area contributed by atoms with E-state index in [0.717, 1.165) is 5.69 Å². The van der Waals surface area contributed by atoms with E-state index in [4.69, 9.17) is 4.84 Å². The lowest BCUT2D eigenvalue weighted by atomic mass is 9.62. The number of hydrogen-bond acceptors (Lipinski definition) is 4. The van der Waals surface area contributed by atoms with Gasteiger partial charge in [0.05, 0.1) is 5.41 Å². The highest BCUT2D eigenvalue weighted by molar-refractivity contribution is 6.07. The molecule has 126 valence electrons. The van der Waals surface area contributed by atoms with E-state index in [1.165, 1.54) is 4.90 Å². The molecule has 0 spiro atoms. The Morgan fingerprint density at radius 3 is 2.79 bits per heavy atom. The molecule has 2 aliphatic heterocycles. The van der Waals surface area contributed by atoms with E-state index >= 15 is 0 Å². The molecule has 1 N–H and O–H groups in total. The van der Waals surface area contributed by atoms with Crippen molar-refractivity contribution in [2.45, 2.75) is 40.3 Å². The van der Waals surface area contributed by atoms with Crippen LogP contribution in [0, 0.1) is 29.6 Å². The molecule has 1 aromatic rings. The number of hydrogen-bond donors (Lipinski definition) is 1. The Bertz CT molecular complexity index is 770. The minimum absolute atomic E-state index is 0.244. The topological polar surface area (TPSA) is 75.0 Å². The summed E-state index contributed by atoms with van der Waals surface area (Å²) in [5.41, 5.74) is 1.38. The molecule has 6 heteroatoms. The number of fused-ring (bicyclic) bond motifs is 1. The summed E-state index contributed by atoms with van der Waals surface area (Å²) in [6, 6.07) is 5.66. The molecule has 1 amide bonds. The molecule has 2 unspecified atom stereocenters. The van der Waals surface area contributed by atoms with Gasteiger partial charge in [-0.05, 0) is 42.7 Å². The first-order chi connectivity index (χ1) is 11.3. The summed E-state index contributed by atoms with van der Waals surface area (Å²) >= 11 is 0. The van der Waals surface area contributed by atoms with Crippen LogP contribution in [0.25, 0.3) is 0 Å². The average molecular weight is 327 g/mol. The summed E-state index contributed by atoms with van der Waals surface area (Å²) in [5, 5.41) is 13.6. The van der Waals surface area contributed by atoms with E-state index in [1.807, 2.05) is 25.1 Å². The van der Waals surface area contributed by atoms with Gasteiger partial charge < -0.3 is 9.94 Å². The van der Waals surface area contributed by atoms with Crippen molar-refractivity contribution in [2.75, 3.05) is 6.54 Å². The lowest BCUT2D eigenvalue weighted by Gasteiger charge is -2.39. The molecule has 0 aliphatic carbocycles. The SMILES string of the molecule is Cc1cccc(C#CC2=NOC3N(C(=O)O)CCC23C(C)(C)C)n1. The van der Waals surface area contributed by atoms with Crippen LogP contribution in [0.2, 0.25) is 0 Å². The number of carbonyl (C=O) groups is 1. The molecule has 3 rings (SSSR count). The van der Waals surface area contributed by atoms with Crippen LogP contribution in [0.1, 0.15) is 38.6 Å². The first-order valence-electron chi connectivity index (χ1n) is 7.95. The molecule has 1 saturated heterocycles. The van der Waals surface area contributed by atoms with E-state index in [0.29, 0.717) is 24.4 Å². The minimum atomic E-state index is -0.990. The summed E-state index contributed by atoms with van der Waals surface area (Å²) in [6.45, 7) is 8.54. The second kappa shape index (κ2) is 5.52. The number of nitrogens with zero attached hydrogens (tertiary/aromatic N) is 3. The predicted octanol–water partition coefficient (Wildman–Crippen LogP) is 2.87. The lowest BCUT2D eigenvalue weighted by Crippen LogP contribution is -2.50. The molecule has 2 aliphatic rings. The van der Waals surface area contributed by atoms with Crippen LogP contribution in [-0.2, 0) is 4.84 Å². The van der Waals surface area contributed by atoms with Gasteiger partial charge in [-0.2, -0.15) is 0 Å². The van der Waals surface area contributed by atoms with Gasteiger partial charge in [-0.3, -0.25) is 4.90 Å². The van der Waals surface area contributed by atoms with Crippen LogP contribution in [-0.4, -0.2) is 39.6 Å². The van der Waals surface area contributed by atoms with Gasteiger partial charge in [0.25, 0.3) is 0 Å². The van der Waals surface area contributed by atoms with Crippen LogP contribution < -0.4 is 0 Å². The first kappa shape index (κ1) is 16.3. The van der Waals surface area contributed by atoms with E-state index in [2.05, 4.69) is 42.8 Å². The quantitative estimate of drug-likeness (QED) is 0.744. The molecule has 0 saturated carbocycles. The third-order valence-corrected chi connectivity index (χ3v) is 4.90. The molecule has 6 nitrogen and oxygen atoms in total. The first-order valence-corrected chi connectivity index (χ1v) is 7.95. The number of aromatic nitrogens is 1. The highest BCUT2D eigenvalue weighted by atomic mass is 16.7. The highest BCUT2D eigenvalue weighted by Crippen LogP contribution is 2.54. The van der Waals surface area contributed by atoms with E-state index in [-0.39, 0.29) is 5.41 Å². The van der Waals surface area contributed by atoms with Crippen LogP contribution >= 0.6 is 0 Å². The number of likely N-dealkylation sites (tertiary alicyclic amines) is 1. The van der Waals surface area contributed by atoms with E-state index in [9.17, 15) is 9.90 Å². The van der Waals surface area contributed by atoms with Crippen molar-refractivity contribution in [3.05, 3.63) is 29.6 Å². The Morgan fingerprint density at radius 2 is 2.17 bits per heavy atom. The molecule has 1 fully saturated rings. The summed E-state index contributed by atoms with van der Waals surface area (Å²) in [4.78, 5) is 22.7. The Balaban J connectivity index is 1.99. The zero-order valence-electron chi connectivity index (χ0n) is 14.3. The molecule has 1 aromatic heterocycles. The highest BCUT2D eigenvalue weighted by Gasteiger charge is 2.63. The number of carboxylic acid groups (broad SMARTS) is 1. The van der Waals surface area contributed by atoms with Crippen molar-refractivity contribution in [1.29, 1.82) is 0 Å². The molecular weight excluding hydrogens is 306 g/mol. The van der Waals surface area contributed by atoms with Crippen LogP contribution in [0.15, 0.2) is 23.4 Å². The Morgan fingerprint density at radius 1 is 1.42 bits per heavy atom. The molecule has 2 atom stereocenters. The van der Waals surface area contributed by atoms with Gasteiger partial charge in [0.2, 0.25) is 6.23 Å². The van der Waals surface area contributed by atoms with Crippen molar-refractivity contribution in [3.63, 3.8) is 0 Å². The van der Waals surface area contributed by atoms with Gasteiger partial charge in [-0.1, -0.05) is 32.0 Å². The molecule has 0 radical (unpaired) electrons. The maximum atomic E-state index is 11.5. The second-order valence-electron chi connectivity index (χ2n) is 7.26. The van der Waals surface area contributed by atoms with Gasteiger partial charge in [-0.25, -0.2) is 9.78 Å². The number of oxime groups is 1. The second-order valence-corrected chi connectivity index (χ2v) is 7.26. The third-order valence-electron chi connectivity index (χ3n) is 4.90. The lowest BCUT2D eigenvalue weighted by molar-refractivity contribution is -0.0678. The van der Waals surface area contributed by atoms with Crippen molar-refractivity contribution < 1.29 is 14.7 Å². The molecular formula is C18H21N3O3. The largest absolute Gasteiger partial charge is 0.465 e. The minimum Gasteiger partial charge on any atom is -0.465 e. The fourth-order valence-electron chi connectivity index (χ4n) is 3.54. The van der Waals surface area contributed by atoms with Crippen LogP contribution in [0.4, 0.5) is 4.79 Å². The monoisotopic (exact) mass is 327 g/mol. The standard InChI is InChI=1S/C18H21N3O3/c1-12-6-5-7-13(19-12)8-9-14-18(17(2,3)4)10-11-21(16(22)23)15(18)24-20-14/h5-7,15H,10-11H2,1-4H3,(H,22,23). The Hall–Kier alpha value is -2.55. The molecule has 3 heterocycles. The van der Waals surface area contributed by atoms with Crippen LogP contribution in [0.3, 0.4) is 0 Å². The summed E-state index contributed by atoms with van der Waals surface area (Å²) in [5.74, 6) is 6.14. The zero-order chi connectivity index (χ0) is 17.5. The fraction of sp³-hybridized carbons (Fsp3) is 0.500. The normalized spacial score (nSPS) is 25.4. The van der Waals surface area contributed by atoms with Crippen molar-refractivity contribution in [1.82, 2.24) is 9.88 Å². The Kier molecular flexibility index (Phi) is 3.75. The maximum absolute atomic E-state index is 11.5. The van der Waals surface area contributed by atoms with Gasteiger partial charge in [0.15, 0.2) is 0 Å². The van der Waals surface area contributed by atoms with Gasteiger partial charge in [0, 0.05) is 12.2 Å².